The van der Waals surface area contributed by atoms with Gasteiger partial charge in [0.2, 0.25) is 6.23 Å². The number of hydrogen-bond acceptors (Lipinski definition) is 6. The van der Waals surface area contributed by atoms with E-state index in [0.717, 1.165) is 19.0 Å². The molecule has 4 N–H and O–H groups in total. The van der Waals surface area contributed by atoms with Crippen LogP contribution in [0.3, 0.4) is 0 Å². The fourth-order valence-corrected chi connectivity index (χ4v) is 3.41. The Morgan fingerprint density at radius 2 is 1.96 bits per heavy atom. The number of carbonyl (C=O) groups is 1. The molecule has 0 amide bonds. The number of alkyl halides is 2. The molecule has 1 aliphatic rings. The first kappa shape index (κ1) is 21.5. The highest BCUT2D eigenvalue weighted by Crippen LogP contribution is 2.42. The van der Waals surface area contributed by atoms with E-state index in [0.29, 0.717) is 17.4 Å². The van der Waals surface area contributed by atoms with Gasteiger partial charge in [0.05, 0.1) is 6.61 Å². The average molecular weight is 388 g/mol. The zero-order valence-corrected chi connectivity index (χ0v) is 15.4. The Kier molecular flexibility index (Phi) is 6.72. The summed E-state index contributed by atoms with van der Waals surface area (Å²) < 4.78 is 34.1. The Hall–Kier alpha value is -1.84. The van der Waals surface area contributed by atoms with Gasteiger partial charge in [-0.25, -0.2) is 0 Å². The van der Waals surface area contributed by atoms with Crippen molar-refractivity contribution in [2.45, 2.75) is 63.9 Å². The van der Waals surface area contributed by atoms with E-state index < -0.39 is 42.2 Å². The van der Waals surface area contributed by atoms with Gasteiger partial charge in [0, 0.05) is 17.7 Å². The molecule has 152 valence electrons. The first-order valence-corrected chi connectivity index (χ1v) is 9.07. The summed E-state index contributed by atoms with van der Waals surface area (Å²) >= 11 is 0. The normalized spacial score (nSPS) is 24.5. The molecule has 1 saturated heterocycles. The molecule has 1 fully saturated rings. The van der Waals surface area contributed by atoms with Crippen molar-refractivity contribution in [3.63, 3.8) is 0 Å². The van der Waals surface area contributed by atoms with E-state index >= 15 is 0 Å². The molecule has 0 unspecified atom stereocenters. The second-order valence-electron chi connectivity index (χ2n) is 6.82. The van der Waals surface area contributed by atoms with Crippen LogP contribution in [0.2, 0.25) is 0 Å². The number of nitrogen functional groups attached to an aromatic ring is 1. The Bertz CT molecular complexity index is 731. The number of aliphatic hydroxyl groups is 2. The zero-order valence-electron chi connectivity index (χ0n) is 15.4. The minimum atomic E-state index is -3.80. The van der Waals surface area contributed by atoms with Crippen LogP contribution < -0.4 is 11.3 Å². The molecule has 0 aromatic carbocycles. The van der Waals surface area contributed by atoms with Crippen LogP contribution in [-0.2, 0) is 4.74 Å². The quantitative estimate of drug-likeness (QED) is 0.584. The van der Waals surface area contributed by atoms with E-state index in [1.54, 1.807) is 0 Å². The molecule has 3 atom stereocenters. The molecule has 9 heteroatoms. The first-order valence-electron chi connectivity index (χ1n) is 9.07. The average Bonchev–Trinajstić information content (AvgIpc) is 2.86. The van der Waals surface area contributed by atoms with Crippen LogP contribution in [0.1, 0.15) is 56.1 Å². The second kappa shape index (κ2) is 8.45. The first-order chi connectivity index (χ1) is 12.7. The third-order valence-corrected chi connectivity index (χ3v) is 4.88. The number of rotatable bonds is 8. The van der Waals surface area contributed by atoms with Gasteiger partial charge in [0.1, 0.15) is 11.8 Å². The summed E-state index contributed by atoms with van der Waals surface area (Å²) in [6, 6.07) is 1.23. The summed E-state index contributed by atoms with van der Waals surface area (Å²) in [5.41, 5.74) is 4.38. The highest BCUT2D eigenvalue weighted by Gasteiger charge is 2.59. The molecule has 0 bridgehead atoms. The maximum absolute atomic E-state index is 14.3. The number of ketones is 1. The van der Waals surface area contributed by atoms with Gasteiger partial charge in [-0.3, -0.25) is 14.2 Å². The number of nitrogens with zero attached hydrogens (tertiary/aromatic N) is 1. The Morgan fingerprint density at radius 3 is 2.44 bits per heavy atom. The molecular weight excluding hydrogens is 362 g/mol. The number of hydrogen-bond donors (Lipinski definition) is 3. The fraction of sp³-hybridized carbons (Fsp3) is 0.667. The lowest BCUT2D eigenvalue weighted by Gasteiger charge is -2.22. The molecule has 2 rings (SSSR count). The van der Waals surface area contributed by atoms with Crippen LogP contribution in [0.15, 0.2) is 17.1 Å². The third-order valence-electron chi connectivity index (χ3n) is 4.88. The number of aliphatic hydroxyl groups excluding tert-OH is 2. The van der Waals surface area contributed by atoms with E-state index in [2.05, 4.69) is 0 Å². The van der Waals surface area contributed by atoms with Gasteiger partial charge in [-0.2, -0.15) is 8.78 Å². The van der Waals surface area contributed by atoms with Crippen molar-refractivity contribution in [3.05, 3.63) is 28.2 Å². The van der Waals surface area contributed by atoms with Gasteiger partial charge in [0.15, 0.2) is 11.9 Å². The SMILES string of the molecule is CCCC(CCC)C(=O)c1ccn([C@@H]2O[C@H](CO)[C@@H](O)C2(F)F)c(=O)c1N. The Morgan fingerprint density at radius 1 is 1.37 bits per heavy atom. The standard InChI is InChI=1S/C18H26F2N2O5/c1-3-5-10(6-4-2)14(24)11-7-8-22(16(26)13(11)21)17-18(19,20)15(25)12(9-23)27-17/h7-8,10,12,15,17,23,25H,3-6,9,21H2,1-2H3/t12-,15-,17-/m1/s1. The van der Waals surface area contributed by atoms with E-state index in [4.69, 9.17) is 15.6 Å². The number of Topliss-reactive ketones (excluding diaryl/α,β-unsaturated/α-hetero) is 1. The van der Waals surface area contributed by atoms with Crippen LogP contribution in [-0.4, -0.2) is 45.3 Å². The monoisotopic (exact) mass is 388 g/mol. The van der Waals surface area contributed by atoms with E-state index in [9.17, 15) is 23.5 Å². The van der Waals surface area contributed by atoms with Crippen molar-refractivity contribution in [2.75, 3.05) is 12.3 Å². The van der Waals surface area contributed by atoms with Crippen LogP contribution >= 0.6 is 0 Å². The number of pyridine rings is 1. The number of aromatic nitrogens is 1. The van der Waals surface area contributed by atoms with Gasteiger partial charge in [-0.15, -0.1) is 0 Å². The minimum Gasteiger partial charge on any atom is -0.394 e. The summed E-state index contributed by atoms with van der Waals surface area (Å²) in [7, 11) is 0. The molecule has 0 saturated carbocycles. The predicted octanol–water partition coefficient (Wildman–Crippen LogP) is 1.72. The summed E-state index contributed by atoms with van der Waals surface area (Å²) in [4.78, 5) is 25.3. The summed E-state index contributed by atoms with van der Waals surface area (Å²) in [5.74, 6) is -4.38. The fourth-order valence-electron chi connectivity index (χ4n) is 3.41. The number of halogens is 2. The lowest BCUT2D eigenvalue weighted by atomic mass is 9.89. The number of nitrogens with two attached hydrogens (primary N) is 1. The van der Waals surface area contributed by atoms with Crippen molar-refractivity contribution in [1.29, 1.82) is 0 Å². The molecule has 27 heavy (non-hydrogen) atoms. The van der Waals surface area contributed by atoms with Crippen LogP contribution in [0.4, 0.5) is 14.5 Å². The zero-order chi connectivity index (χ0) is 20.4. The van der Waals surface area contributed by atoms with Crippen molar-refractivity contribution >= 4 is 11.5 Å². The Labute approximate surface area is 155 Å². The molecule has 1 aromatic rings. The molecule has 2 heterocycles. The largest absolute Gasteiger partial charge is 0.394 e. The molecule has 1 aromatic heterocycles. The third kappa shape index (κ3) is 3.90. The molecular formula is C18H26F2N2O5. The minimum absolute atomic E-state index is 0.00344. The van der Waals surface area contributed by atoms with Crippen LogP contribution in [0.5, 0.6) is 0 Å². The van der Waals surface area contributed by atoms with Crippen molar-refractivity contribution < 1.29 is 28.5 Å². The van der Waals surface area contributed by atoms with E-state index in [1.165, 1.54) is 6.07 Å². The summed E-state index contributed by atoms with van der Waals surface area (Å²) in [6.07, 6.45) is -2.03. The van der Waals surface area contributed by atoms with E-state index in [1.807, 2.05) is 13.8 Å². The highest BCUT2D eigenvalue weighted by molar-refractivity contribution is 6.02. The lowest BCUT2D eigenvalue weighted by molar-refractivity contribution is -0.140. The maximum atomic E-state index is 14.3. The second-order valence-corrected chi connectivity index (χ2v) is 6.82. The number of ether oxygens (including phenoxy) is 1. The van der Waals surface area contributed by atoms with Crippen LogP contribution in [0, 0.1) is 5.92 Å². The van der Waals surface area contributed by atoms with Gasteiger partial charge in [0.25, 0.3) is 5.56 Å². The van der Waals surface area contributed by atoms with Crippen molar-refractivity contribution in [1.82, 2.24) is 4.57 Å². The Balaban J connectivity index is 2.40. The molecule has 7 nitrogen and oxygen atoms in total. The van der Waals surface area contributed by atoms with Gasteiger partial charge < -0.3 is 20.7 Å². The summed E-state index contributed by atoms with van der Waals surface area (Å²) in [6.45, 7) is 3.06. The maximum Gasteiger partial charge on any atom is 0.320 e. The number of carbonyl (C=O) groups excluding carboxylic acids is 1. The van der Waals surface area contributed by atoms with Crippen LogP contribution in [0.25, 0.3) is 0 Å². The summed E-state index contributed by atoms with van der Waals surface area (Å²) in [5, 5.41) is 18.7. The highest BCUT2D eigenvalue weighted by atomic mass is 19.3. The van der Waals surface area contributed by atoms with Gasteiger partial charge >= 0.3 is 5.92 Å². The van der Waals surface area contributed by atoms with Crippen molar-refractivity contribution in [2.24, 2.45) is 5.92 Å². The molecule has 0 aliphatic carbocycles. The topological polar surface area (TPSA) is 115 Å². The van der Waals surface area contributed by atoms with Crippen molar-refractivity contribution in [3.8, 4) is 0 Å². The van der Waals surface area contributed by atoms with Gasteiger partial charge in [-0.05, 0) is 18.9 Å². The molecule has 0 spiro atoms. The number of anilines is 1. The van der Waals surface area contributed by atoms with E-state index in [-0.39, 0.29) is 17.3 Å². The predicted molar refractivity (Wildman–Crippen MR) is 94.7 cm³/mol. The smallest absolute Gasteiger partial charge is 0.320 e. The van der Waals surface area contributed by atoms with Gasteiger partial charge in [-0.1, -0.05) is 26.7 Å². The lowest BCUT2D eigenvalue weighted by Crippen LogP contribution is -2.42. The molecule has 1 aliphatic heterocycles. The molecule has 0 radical (unpaired) electrons.